The Bertz CT molecular complexity index is 120. The molecule has 0 aromatic carbocycles. The van der Waals surface area contributed by atoms with Gasteiger partial charge < -0.3 is 10.1 Å². The Hall–Kier alpha value is -0.340. The van der Waals surface area contributed by atoms with Crippen molar-refractivity contribution in [3.05, 3.63) is 11.6 Å². The van der Waals surface area contributed by atoms with Gasteiger partial charge in [0.2, 0.25) is 0 Å². The molecular formula is C8H16NO+. The van der Waals surface area contributed by atoms with E-state index in [0.29, 0.717) is 0 Å². The number of quaternary nitrogens is 1. The molecule has 1 rings (SSSR count). The standard InChI is InChI=1S/C8H15NO/c1-2-10-7-8-3-5-9-6-4-8/h3,9H,2,4-7H2,1H3/p+1. The normalized spacial score (nSPS) is 18.7. The van der Waals surface area contributed by atoms with Gasteiger partial charge in [0, 0.05) is 13.0 Å². The number of hydrogen-bond donors (Lipinski definition) is 1. The van der Waals surface area contributed by atoms with Gasteiger partial charge in [-0.05, 0) is 18.6 Å². The molecule has 0 aromatic rings. The maximum Gasteiger partial charge on any atom is 0.0946 e. The second-order valence-corrected chi connectivity index (χ2v) is 2.56. The second kappa shape index (κ2) is 4.47. The van der Waals surface area contributed by atoms with Crippen LogP contribution in [0.15, 0.2) is 11.6 Å². The Morgan fingerprint density at radius 3 is 3.20 bits per heavy atom. The van der Waals surface area contributed by atoms with E-state index in [4.69, 9.17) is 4.74 Å². The minimum absolute atomic E-state index is 0.834. The first kappa shape index (κ1) is 7.76. The molecule has 0 aromatic heterocycles. The predicted octanol–water partition coefficient (Wildman–Crippen LogP) is -0.0836. The van der Waals surface area contributed by atoms with Crippen LogP contribution in [-0.2, 0) is 4.74 Å². The lowest BCUT2D eigenvalue weighted by molar-refractivity contribution is -0.648. The third-order valence-electron chi connectivity index (χ3n) is 1.73. The minimum atomic E-state index is 0.834. The maximum absolute atomic E-state index is 5.29. The molecule has 0 aliphatic carbocycles. The van der Waals surface area contributed by atoms with Crippen LogP contribution in [-0.4, -0.2) is 26.3 Å². The zero-order valence-corrected chi connectivity index (χ0v) is 6.60. The van der Waals surface area contributed by atoms with Gasteiger partial charge in [-0.25, -0.2) is 0 Å². The van der Waals surface area contributed by atoms with Crippen molar-refractivity contribution in [3.8, 4) is 0 Å². The van der Waals surface area contributed by atoms with Crippen molar-refractivity contribution < 1.29 is 10.1 Å². The molecule has 58 valence electrons. The second-order valence-electron chi connectivity index (χ2n) is 2.56. The van der Waals surface area contributed by atoms with Crippen LogP contribution in [0.2, 0.25) is 0 Å². The van der Waals surface area contributed by atoms with Crippen LogP contribution in [0.5, 0.6) is 0 Å². The summed E-state index contributed by atoms with van der Waals surface area (Å²) in [6.07, 6.45) is 3.49. The fourth-order valence-electron chi connectivity index (χ4n) is 1.12. The van der Waals surface area contributed by atoms with Gasteiger partial charge in [-0.1, -0.05) is 0 Å². The largest absolute Gasteiger partial charge is 0.377 e. The molecule has 0 saturated carbocycles. The highest BCUT2D eigenvalue weighted by atomic mass is 16.5. The Labute approximate surface area is 62.3 Å². The van der Waals surface area contributed by atoms with Gasteiger partial charge in [-0.15, -0.1) is 0 Å². The zero-order valence-electron chi connectivity index (χ0n) is 6.60. The topological polar surface area (TPSA) is 25.8 Å². The quantitative estimate of drug-likeness (QED) is 0.548. The first-order valence-electron chi connectivity index (χ1n) is 4.00. The molecule has 2 N–H and O–H groups in total. The summed E-state index contributed by atoms with van der Waals surface area (Å²) in [6, 6.07) is 0. The van der Waals surface area contributed by atoms with Crippen molar-refractivity contribution in [3.63, 3.8) is 0 Å². The highest BCUT2D eigenvalue weighted by Crippen LogP contribution is 2.00. The van der Waals surface area contributed by atoms with Gasteiger partial charge in [0.25, 0.3) is 0 Å². The Morgan fingerprint density at radius 2 is 2.60 bits per heavy atom. The molecule has 2 heteroatoms. The average Bonchev–Trinajstić information content (AvgIpc) is 2.03. The predicted molar refractivity (Wildman–Crippen MR) is 40.9 cm³/mol. The molecule has 2 nitrogen and oxygen atoms in total. The van der Waals surface area contributed by atoms with Crippen molar-refractivity contribution >= 4 is 0 Å². The van der Waals surface area contributed by atoms with Crippen LogP contribution in [0.4, 0.5) is 0 Å². The molecule has 10 heavy (non-hydrogen) atoms. The smallest absolute Gasteiger partial charge is 0.0946 e. The van der Waals surface area contributed by atoms with E-state index in [1.165, 1.54) is 18.5 Å². The van der Waals surface area contributed by atoms with E-state index in [1.54, 1.807) is 0 Å². The molecule has 0 radical (unpaired) electrons. The molecule has 0 saturated heterocycles. The Kier molecular flexibility index (Phi) is 3.47. The van der Waals surface area contributed by atoms with Gasteiger partial charge in [-0.3, -0.25) is 0 Å². The van der Waals surface area contributed by atoms with E-state index in [9.17, 15) is 0 Å². The number of nitrogens with two attached hydrogens (primary N) is 1. The zero-order chi connectivity index (χ0) is 7.23. The van der Waals surface area contributed by atoms with Crippen LogP contribution in [0.3, 0.4) is 0 Å². The van der Waals surface area contributed by atoms with E-state index in [2.05, 4.69) is 11.4 Å². The minimum Gasteiger partial charge on any atom is -0.377 e. The summed E-state index contributed by atoms with van der Waals surface area (Å²) < 4.78 is 5.29. The number of rotatable bonds is 3. The summed E-state index contributed by atoms with van der Waals surface area (Å²) in [7, 11) is 0. The molecule has 1 aliphatic rings. The molecule has 0 bridgehead atoms. The van der Waals surface area contributed by atoms with Crippen LogP contribution < -0.4 is 5.32 Å². The van der Waals surface area contributed by atoms with Crippen molar-refractivity contribution in [1.29, 1.82) is 0 Å². The van der Waals surface area contributed by atoms with E-state index < -0.39 is 0 Å². The van der Waals surface area contributed by atoms with Crippen molar-refractivity contribution in [1.82, 2.24) is 0 Å². The van der Waals surface area contributed by atoms with Crippen LogP contribution in [0, 0.1) is 0 Å². The summed E-state index contributed by atoms with van der Waals surface area (Å²) in [6.45, 7) is 6.10. The summed E-state index contributed by atoms with van der Waals surface area (Å²) >= 11 is 0. The number of ether oxygens (including phenoxy) is 1. The van der Waals surface area contributed by atoms with E-state index >= 15 is 0 Å². The SMILES string of the molecule is CCOCC1=CC[NH2+]CC1. The Morgan fingerprint density at radius 1 is 1.70 bits per heavy atom. The third kappa shape index (κ3) is 2.50. The van der Waals surface area contributed by atoms with Crippen molar-refractivity contribution in [2.24, 2.45) is 0 Å². The first-order valence-corrected chi connectivity index (χ1v) is 4.00. The number of hydrogen-bond acceptors (Lipinski definition) is 1. The van der Waals surface area contributed by atoms with Crippen molar-refractivity contribution in [2.75, 3.05) is 26.3 Å². The lowest BCUT2D eigenvalue weighted by Gasteiger charge is -2.10. The van der Waals surface area contributed by atoms with Crippen molar-refractivity contribution in [2.45, 2.75) is 13.3 Å². The summed E-state index contributed by atoms with van der Waals surface area (Å²) in [4.78, 5) is 0. The average molecular weight is 142 g/mol. The third-order valence-corrected chi connectivity index (χ3v) is 1.73. The first-order chi connectivity index (χ1) is 4.93. The summed E-state index contributed by atoms with van der Waals surface area (Å²) in [5.41, 5.74) is 1.48. The van der Waals surface area contributed by atoms with Crippen LogP contribution in [0.25, 0.3) is 0 Å². The summed E-state index contributed by atoms with van der Waals surface area (Å²) in [5, 5.41) is 2.31. The highest BCUT2D eigenvalue weighted by molar-refractivity contribution is 5.03. The molecule has 0 atom stereocenters. The molecular weight excluding hydrogens is 126 g/mol. The van der Waals surface area contributed by atoms with Gasteiger partial charge in [0.05, 0.1) is 19.7 Å². The maximum atomic E-state index is 5.29. The fraction of sp³-hybridized carbons (Fsp3) is 0.750. The molecule has 1 heterocycles. The van der Waals surface area contributed by atoms with E-state index in [0.717, 1.165) is 19.8 Å². The van der Waals surface area contributed by atoms with E-state index in [1.807, 2.05) is 6.92 Å². The molecule has 0 amide bonds. The lowest BCUT2D eigenvalue weighted by atomic mass is 10.1. The Balaban J connectivity index is 2.18. The van der Waals surface area contributed by atoms with Gasteiger partial charge in [0.15, 0.2) is 0 Å². The van der Waals surface area contributed by atoms with E-state index in [-0.39, 0.29) is 0 Å². The van der Waals surface area contributed by atoms with Gasteiger partial charge >= 0.3 is 0 Å². The molecule has 0 spiro atoms. The van der Waals surface area contributed by atoms with Gasteiger partial charge in [0.1, 0.15) is 0 Å². The van der Waals surface area contributed by atoms with Gasteiger partial charge in [-0.2, -0.15) is 0 Å². The fourth-order valence-corrected chi connectivity index (χ4v) is 1.12. The van der Waals surface area contributed by atoms with Crippen LogP contribution in [0.1, 0.15) is 13.3 Å². The van der Waals surface area contributed by atoms with Crippen LogP contribution >= 0.6 is 0 Å². The molecule has 0 unspecified atom stereocenters. The summed E-state index contributed by atoms with van der Waals surface area (Å²) in [5.74, 6) is 0. The molecule has 0 fully saturated rings. The highest BCUT2D eigenvalue weighted by Gasteiger charge is 2.03. The molecule has 1 aliphatic heterocycles. The lowest BCUT2D eigenvalue weighted by Crippen LogP contribution is -2.85. The monoisotopic (exact) mass is 142 g/mol.